The van der Waals surface area contributed by atoms with E-state index in [4.69, 9.17) is 21.1 Å². The van der Waals surface area contributed by atoms with Crippen molar-refractivity contribution < 1.29 is 17.9 Å². The van der Waals surface area contributed by atoms with Gasteiger partial charge in [0.2, 0.25) is 9.84 Å². The third-order valence-electron chi connectivity index (χ3n) is 3.29. The second kappa shape index (κ2) is 7.92. The molecule has 0 heterocycles. The Balaban J connectivity index is 2.38. The third kappa shape index (κ3) is 4.24. The smallest absolute Gasteiger partial charge is 0.218 e. The molecule has 0 fully saturated rings. The molecule has 0 saturated carbocycles. The van der Waals surface area contributed by atoms with E-state index in [1.807, 2.05) is 0 Å². The number of nitriles is 1. The highest BCUT2D eigenvalue weighted by Crippen LogP contribution is 2.29. The zero-order valence-corrected chi connectivity index (χ0v) is 15.1. The molecule has 1 N–H and O–H groups in total. The van der Waals surface area contributed by atoms with Crippen molar-refractivity contribution in [2.45, 2.75) is 4.90 Å². The van der Waals surface area contributed by atoms with E-state index in [-0.39, 0.29) is 4.90 Å². The van der Waals surface area contributed by atoms with Crippen molar-refractivity contribution in [3.63, 3.8) is 0 Å². The minimum absolute atomic E-state index is 0.0240. The van der Waals surface area contributed by atoms with Gasteiger partial charge in [-0.1, -0.05) is 11.6 Å². The molecule has 0 radical (unpaired) electrons. The maximum Gasteiger partial charge on any atom is 0.218 e. The van der Waals surface area contributed by atoms with Gasteiger partial charge in [0.1, 0.15) is 17.6 Å². The highest BCUT2D eigenvalue weighted by molar-refractivity contribution is 7.95. The second-order valence-electron chi connectivity index (χ2n) is 4.79. The normalized spacial score (nSPS) is 11.5. The fraction of sp³-hybridized carbons (Fsp3) is 0.118. The van der Waals surface area contributed by atoms with Crippen molar-refractivity contribution in [1.29, 1.82) is 5.26 Å². The minimum atomic E-state index is -3.97. The molecule has 6 nitrogen and oxygen atoms in total. The van der Waals surface area contributed by atoms with Crippen LogP contribution in [0.5, 0.6) is 11.5 Å². The van der Waals surface area contributed by atoms with Crippen LogP contribution in [0.3, 0.4) is 0 Å². The largest absolute Gasteiger partial charge is 0.497 e. The second-order valence-corrected chi connectivity index (χ2v) is 7.14. The fourth-order valence-electron chi connectivity index (χ4n) is 1.98. The molecule has 0 aliphatic heterocycles. The number of halogens is 1. The molecule has 130 valence electrons. The van der Waals surface area contributed by atoms with Crippen LogP contribution in [0.2, 0.25) is 5.02 Å². The van der Waals surface area contributed by atoms with E-state index in [1.165, 1.54) is 38.5 Å². The molecule has 0 bridgehead atoms. The number of allylic oxidation sites excluding steroid dienone is 1. The molecule has 2 aromatic carbocycles. The molecule has 8 heteroatoms. The SMILES string of the molecule is COc1ccc(OC)c(N/C=C(\C#N)S(=O)(=O)c2ccc(Cl)cc2)c1. The Hall–Kier alpha value is -2.69. The van der Waals surface area contributed by atoms with Crippen molar-refractivity contribution in [3.05, 3.63) is 58.6 Å². The molecule has 0 saturated heterocycles. The number of sulfone groups is 1. The molecule has 25 heavy (non-hydrogen) atoms. The van der Waals surface area contributed by atoms with Crippen LogP contribution in [0.4, 0.5) is 5.69 Å². The summed E-state index contributed by atoms with van der Waals surface area (Å²) in [5.74, 6) is 1.02. The van der Waals surface area contributed by atoms with E-state index in [0.717, 1.165) is 6.20 Å². The van der Waals surface area contributed by atoms with E-state index >= 15 is 0 Å². The number of benzene rings is 2. The average molecular weight is 379 g/mol. The van der Waals surface area contributed by atoms with Gasteiger partial charge in [0.25, 0.3) is 0 Å². The lowest BCUT2D eigenvalue weighted by Crippen LogP contribution is -2.06. The average Bonchev–Trinajstić information content (AvgIpc) is 2.62. The van der Waals surface area contributed by atoms with Crippen molar-refractivity contribution in [3.8, 4) is 17.6 Å². The lowest BCUT2D eigenvalue weighted by atomic mass is 10.2. The first-order valence-corrected chi connectivity index (χ1v) is 8.88. The topological polar surface area (TPSA) is 88.4 Å². The van der Waals surface area contributed by atoms with Crippen molar-refractivity contribution in [1.82, 2.24) is 0 Å². The van der Waals surface area contributed by atoms with Gasteiger partial charge in [0, 0.05) is 17.3 Å². The zero-order valence-electron chi connectivity index (χ0n) is 13.5. The van der Waals surface area contributed by atoms with Crippen molar-refractivity contribution in [2.75, 3.05) is 19.5 Å². The Morgan fingerprint density at radius 3 is 2.40 bits per heavy atom. The number of rotatable bonds is 6. The predicted molar refractivity (Wildman–Crippen MR) is 95.5 cm³/mol. The maximum atomic E-state index is 12.5. The first kappa shape index (κ1) is 18.6. The lowest BCUT2D eigenvalue weighted by molar-refractivity contribution is 0.405. The monoisotopic (exact) mass is 378 g/mol. The zero-order chi connectivity index (χ0) is 18.4. The van der Waals surface area contributed by atoms with Gasteiger partial charge in [-0.05, 0) is 36.4 Å². The Bertz CT molecular complexity index is 932. The van der Waals surface area contributed by atoms with Gasteiger partial charge < -0.3 is 14.8 Å². The summed E-state index contributed by atoms with van der Waals surface area (Å²) in [5.41, 5.74) is 0.459. The molecule has 0 unspecified atom stereocenters. The molecule has 0 aliphatic carbocycles. The van der Waals surface area contributed by atoms with Crippen LogP contribution >= 0.6 is 11.6 Å². The number of methoxy groups -OCH3 is 2. The quantitative estimate of drug-likeness (QED) is 0.772. The molecule has 0 aliphatic rings. The number of hydrogen-bond donors (Lipinski definition) is 1. The Labute approximate surface area is 151 Å². The van der Waals surface area contributed by atoms with Crippen LogP contribution in [0.25, 0.3) is 0 Å². The summed E-state index contributed by atoms with van der Waals surface area (Å²) in [4.78, 5) is -0.469. The van der Waals surface area contributed by atoms with E-state index in [1.54, 1.807) is 24.3 Å². The number of hydrogen-bond acceptors (Lipinski definition) is 6. The molecular formula is C17H15ClN2O4S. The van der Waals surface area contributed by atoms with Gasteiger partial charge in [-0.2, -0.15) is 5.26 Å². The first-order valence-electron chi connectivity index (χ1n) is 7.02. The predicted octanol–water partition coefficient (Wildman–Crippen LogP) is 3.61. The molecule has 0 amide bonds. The van der Waals surface area contributed by atoms with E-state index in [0.29, 0.717) is 22.2 Å². The van der Waals surface area contributed by atoms with Crippen molar-refractivity contribution in [2.24, 2.45) is 0 Å². The van der Waals surface area contributed by atoms with Gasteiger partial charge in [-0.3, -0.25) is 0 Å². The van der Waals surface area contributed by atoms with Gasteiger partial charge in [-0.15, -0.1) is 0 Å². The molecule has 2 rings (SSSR count). The summed E-state index contributed by atoms with van der Waals surface area (Å²) in [6, 6.07) is 12.3. The number of anilines is 1. The summed E-state index contributed by atoms with van der Waals surface area (Å²) in [6.45, 7) is 0. The summed E-state index contributed by atoms with van der Waals surface area (Å²) in [7, 11) is -0.981. The Kier molecular flexibility index (Phi) is 5.91. The van der Waals surface area contributed by atoms with E-state index < -0.39 is 14.7 Å². The van der Waals surface area contributed by atoms with Crippen LogP contribution in [-0.4, -0.2) is 22.6 Å². The van der Waals surface area contributed by atoms with Crippen LogP contribution in [-0.2, 0) is 9.84 Å². The fourth-order valence-corrected chi connectivity index (χ4v) is 3.19. The molecular weight excluding hydrogens is 364 g/mol. The number of nitrogens with one attached hydrogen (secondary N) is 1. The van der Waals surface area contributed by atoms with Gasteiger partial charge >= 0.3 is 0 Å². The Morgan fingerprint density at radius 2 is 1.84 bits per heavy atom. The minimum Gasteiger partial charge on any atom is -0.497 e. The van der Waals surface area contributed by atoms with Crippen LogP contribution in [0.1, 0.15) is 0 Å². The highest BCUT2D eigenvalue weighted by Gasteiger charge is 2.21. The third-order valence-corrected chi connectivity index (χ3v) is 5.22. The lowest BCUT2D eigenvalue weighted by Gasteiger charge is -2.10. The van der Waals surface area contributed by atoms with Gasteiger partial charge in [0.15, 0.2) is 4.91 Å². The van der Waals surface area contributed by atoms with Crippen LogP contribution < -0.4 is 14.8 Å². The van der Waals surface area contributed by atoms with Crippen LogP contribution in [0.15, 0.2) is 58.5 Å². The maximum absolute atomic E-state index is 12.5. The van der Waals surface area contributed by atoms with Gasteiger partial charge in [-0.25, -0.2) is 8.42 Å². The van der Waals surface area contributed by atoms with Gasteiger partial charge in [0.05, 0.1) is 24.8 Å². The first-order chi connectivity index (χ1) is 11.9. The van der Waals surface area contributed by atoms with E-state index in [9.17, 15) is 13.7 Å². The van der Waals surface area contributed by atoms with E-state index in [2.05, 4.69) is 5.32 Å². The van der Waals surface area contributed by atoms with Crippen LogP contribution in [0, 0.1) is 11.3 Å². The molecule has 0 aromatic heterocycles. The van der Waals surface area contributed by atoms with Crippen molar-refractivity contribution >= 4 is 27.1 Å². The standard InChI is InChI=1S/C17H15ClN2O4S/c1-23-13-5-8-17(24-2)16(9-13)20-11-15(10-19)25(21,22)14-6-3-12(18)4-7-14/h3-9,11,20H,1-2H3/b15-11+. The molecule has 2 aromatic rings. The highest BCUT2D eigenvalue weighted by atomic mass is 35.5. The Morgan fingerprint density at radius 1 is 1.16 bits per heavy atom. The molecule has 0 spiro atoms. The summed E-state index contributed by atoms with van der Waals surface area (Å²) >= 11 is 5.77. The number of ether oxygens (including phenoxy) is 2. The molecule has 0 atom stereocenters. The summed E-state index contributed by atoms with van der Waals surface area (Å²) < 4.78 is 35.4. The summed E-state index contributed by atoms with van der Waals surface area (Å²) in [6.07, 6.45) is 1.11. The number of nitrogens with zero attached hydrogens (tertiary/aromatic N) is 1. The summed E-state index contributed by atoms with van der Waals surface area (Å²) in [5, 5.41) is 12.4.